The zero-order chi connectivity index (χ0) is 17.8. The third-order valence-corrected chi connectivity index (χ3v) is 3.86. The van der Waals surface area contributed by atoms with Crippen molar-refractivity contribution >= 4 is 39.9 Å². The fraction of sp³-hybridized carbons (Fsp3) is 0.0526. The Bertz CT molecular complexity index is 951. The Morgan fingerprint density at radius 3 is 2.60 bits per heavy atom. The van der Waals surface area contributed by atoms with Gasteiger partial charge in [-0.05, 0) is 29.7 Å². The van der Waals surface area contributed by atoms with Crippen molar-refractivity contribution in [3.63, 3.8) is 0 Å². The molecule has 3 N–H and O–H groups in total. The van der Waals surface area contributed by atoms with Gasteiger partial charge in [0, 0.05) is 16.1 Å². The molecule has 3 aromatic rings. The van der Waals surface area contributed by atoms with Gasteiger partial charge in [-0.15, -0.1) is 0 Å². The Labute approximate surface area is 149 Å². The molecule has 0 fully saturated rings. The van der Waals surface area contributed by atoms with Crippen LogP contribution in [0.2, 0.25) is 5.02 Å². The van der Waals surface area contributed by atoms with Crippen LogP contribution in [0.15, 0.2) is 60.7 Å². The molecular formula is C19H15ClN2O3. The van der Waals surface area contributed by atoms with Crippen LogP contribution in [-0.4, -0.2) is 18.4 Å². The summed E-state index contributed by atoms with van der Waals surface area (Å²) in [6.07, 6.45) is 0. The molecule has 0 aliphatic heterocycles. The Hall–Kier alpha value is -3.05. The van der Waals surface area contributed by atoms with E-state index in [4.69, 9.17) is 22.1 Å². The summed E-state index contributed by atoms with van der Waals surface area (Å²) >= 11 is 5.84. The van der Waals surface area contributed by atoms with Gasteiger partial charge < -0.3 is 15.8 Å². The summed E-state index contributed by atoms with van der Waals surface area (Å²) in [7, 11) is 0. The van der Waals surface area contributed by atoms with Crippen LogP contribution >= 0.6 is 11.6 Å². The van der Waals surface area contributed by atoms with Crippen LogP contribution in [0.25, 0.3) is 10.8 Å². The number of carbonyl (C=O) groups excluding carboxylic acids is 2. The monoisotopic (exact) mass is 354 g/mol. The first-order chi connectivity index (χ1) is 12.0. The quantitative estimate of drug-likeness (QED) is 0.734. The average molecular weight is 355 g/mol. The molecule has 0 atom stereocenters. The highest BCUT2D eigenvalue weighted by atomic mass is 35.5. The zero-order valence-electron chi connectivity index (χ0n) is 13.2. The molecule has 2 amide bonds. The molecule has 5 nitrogen and oxygen atoms in total. The molecule has 0 bridgehead atoms. The Morgan fingerprint density at radius 1 is 1.04 bits per heavy atom. The van der Waals surface area contributed by atoms with Crippen molar-refractivity contribution in [1.82, 2.24) is 0 Å². The predicted molar refractivity (Wildman–Crippen MR) is 98.0 cm³/mol. The summed E-state index contributed by atoms with van der Waals surface area (Å²) in [6, 6.07) is 17.9. The summed E-state index contributed by atoms with van der Waals surface area (Å²) in [4.78, 5) is 23.6. The molecule has 0 heterocycles. The molecule has 0 aliphatic rings. The Morgan fingerprint density at radius 2 is 1.80 bits per heavy atom. The number of anilines is 1. The molecule has 126 valence electrons. The minimum absolute atomic E-state index is 0.130. The predicted octanol–water partition coefficient (Wildman–Crippen LogP) is 3.61. The molecule has 3 aromatic carbocycles. The van der Waals surface area contributed by atoms with Crippen molar-refractivity contribution in [3.05, 3.63) is 71.2 Å². The molecule has 0 unspecified atom stereocenters. The van der Waals surface area contributed by atoms with E-state index in [-0.39, 0.29) is 23.8 Å². The molecule has 0 aliphatic carbocycles. The van der Waals surface area contributed by atoms with E-state index >= 15 is 0 Å². The van der Waals surface area contributed by atoms with Crippen molar-refractivity contribution in [2.75, 3.05) is 11.9 Å². The number of hydrogen-bond acceptors (Lipinski definition) is 3. The van der Waals surface area contributed by atoms with Gasteiger partial charge in [-0.3, -0.25) is 9.59 Å². The number of ether oxygens (including phenoxy) is 1. The molecule has 6 heteroatoms. The fourth-order valence-electron chi connectivity index (χ4n) is 2.48. The van der Waals surface area contributed by atoms with Gasteiger partial charge in [0.25, 0.3) is 11.8 Å². The summed E-state index contributed by atoms with van der Waals surface area (Å²) in [5.74, 6) is -0.807. The first-order valence-electron chi connectivity index (χ1n) is 7.54. The van der Waals surface area contributed by atoms with E-state index in [0.29, 0.717) is 10.7 Å². The van der Waals surface area contributed by atoms with E-state index in [1.54, 1.807) is 6.07 Å². The van der Waals surface area contributed by atoms with E-state index in [9.17, 15) is 9.59 Å². The number of hydrogen-bond donors (Lipinski definition) is 2. The van der Waals surface area contributed by atoms with Crippen molar-refractivity contribution in [2.45, 2.75) is 0 Å². The zero-order valence-corrected chi connectivity index (χ0v) is 13.9. The molecule has 0 aromatic heterocycles. The number of benzene rings is 3. The SMILES string of the molecule is NC(=O)c1cc(Cl)ccc1OCC(=O)Nc1cccc2ccccc12. The first-order valence-corrected chi connectivity index (χ1v) is 7.92. The maximum atomic E-state index is 12.2. The molecule has 0 saturated heterocycles. The summed E-state index contributed by atoms with van der Waals surface area (Å²) in [5, 5.41) is 5.13. The number of rotatable bonds is 5. The van der Waals surface area contributed by atoms with Gasteiger partial charge in [-0.1, -0.05) is 48.0 Å². The first kappa shape index (κ1) is 16.8. The maximum absolute atomic E-state index is 12.2. The van der Waals surface area contributed by atoms with E-state index < -0.39 is 5.91 Å². The van der Waals surface area contributed by atoms with Gasteiger partial charge in [0.15, 0.2) is 6.61 Å². The lowest BCUT2D eigenvalue weighted by molar-refractivity contribution is -0.118. The number of nitrogens with one attached hydrogen (secondary N) is 1. The van der Waals surface area contributed by atoms with Crippen LogP contribution in [0.3, 0.4) is 0 Å². The van der Waals surface area contributed by atoms with E-state index in [1.807, 2.05) is 42.5 Å². The van der Waals surface area contributed by atoms with Crippen LogP contribution in [0.5, 0.6) is 5.75 Å². The minimum Gasteiger partial charge on any atom is -0.483 e. The summed E-state index contributed by atoms with van der Waals surface area (Å²) in [5.41, 5.74) is 6.12. The van der Waals surface area contributed by atoms with Crippen molar-refractivity contribution in [2.24, 2.45) is 5.73 Å². The normalized spacial score (nSPS) is 10.4. The maximum Gasteiger partial charge on any atom is 0.262 e. The van der Waals surface area contributed by atoms with Gasteiger partial charge in [0.2, 0.25) is 0 Å². The number of carbonyl (C=O) groups is 2. The largest absolute Gasteiger partial charge is 0.483 e. The minimum atomic E-state index is -0.674. The lowest BCUT2D eigenvalue weighted by Crippen LogP contribution is -2.21. The van der Waals surface area contributed by atoms with Gasteiger partial charge in [-0.2, -0.15) is 0 Å². The van der Waals surface area contributed by atoms with E-state index in [0.717, 1.165) is 10.8 Å². The molecular weight excluding hydrogens is 340 g/mol. The highest BCUT2D eigenvalue weighted by Crippen LogP contribution is 2.24. The molecule has 3 rings (SSSR count). The summed E-state index contributed by atoms with van der Waals surface area (Å²) < 4.78 is 5.43. The standard InChI is InChI=1S/C19H15ClN2O3/c20-13-8-9-17(15(10-13)19(21)24)25-11-18(23)22-16-7-3-5-12-4-1-2-6-14(12)16/h1-10H,11H2,(H2,21,24)(H,22,23). The summed E-state index contributed by atoms with van der Waals surface area (Å²) in [6.45, 7) is -0.259. The highest BCUT2D eigenvalue weighted by molar-refractivity contribution is 6.31. The number of halogens is 1. The molecule has 25 heavy (non-hydrogen) atoms. The number of primary amides is 1. The number of nitrogens with two attached hydrogens (primary N) is 1. The van der Waals surface area contributed by atoms with E-state index in [1.165, 1.54) is 12.1 Å². The smallest absolute Gasteiger partial charge is 0.262 e. The second kappa shape index (κ2) is 7.23. The Kier molecular flexibility index (Phi) is 4.86. The molecule has 0 radical (unpaired) electrons. The van der Waals surface area contributed by atoms with Crippen molar-refractivity contribution in [1.29, 1.82) is 0 Å². The lowest BCUT2D eigenvalue weighted by Gasteiger charge is -2.11. The van der Waals surface area contributed by atoms with Crippen LogP contribution < -0.4 is 15.8 Å². The molecule has 0 saturated carbocycles. The topological polar surface area (TPSA) is 81.4 Å². The van der Waals surface area contributed by atoms with Gasteiger partial charge in [0.05, 0.1) is 5.56 Å². The van der Waals surface area contributed by atoms with Gasteiger partial charge in [-0.25, -0.2) is 0 Å². The number of fused-ring (bicyclic) bond motifs is 1. The fourth-order valence-corrected chi connectivity index (χ4v) is 2.66. The van der Waals surface area contributed by atoms with Gasteiger partial charge in [0.1, 0.15) is 5.75 Å². The van der Waals surface area contributed by atoms with Crippen LogP contribution in [0, 0.1) is 0 Å². The number of amides is 2. The van der Waals surface area contributed by atoms with Crippen LogP contribution in [0.4, 0.5) is 5.69 Å². The van der Waals surface area contributed by atoms with Gasteiger partial charge >= 0.3 is 0 Å². The second-order valence-corrected chi connectivity index (χ2v) is 5.80. The van der Waals surface area contributed by atoms with Crippen molar-refractivity contribution < 1.29 is 14.3 Å². The third kappa shape index (κ3) is 3.89. The average Bonchev–Trinajstić information content (AvgIpc) is 2.61. The highest BCUT2D eigenvalue weighted by Gasteiger charge is 2.12. The lowest BCUT2D eigenvalue weighted by atomic mass is 10.1. The van der Waals surface area contributed by atoms with Crippen LogP contribution in [0.1, 0.15) is 10.4 Å². The van der Waals surface area contributed by atoms with Crippen LogP contribution in [-0.2, 0) is 4.79 Å². The molecule has 0 spiro atoms. The Balaban J connectivity index is 1.72. The third-order valence-electron chi connectivity index (χ3n) is 3.63. The van der Waals surface area contributed by atoms with E-state index in [2.05, 4.69) is 5.32 Å². The second-order valence-electron chi connectivity index (χ2n) is 5.37. The van der Waals surface area contributed by atoms with Crippen molar-refractivity contribution in [3.8, 4) is 5.75 Å².